The molecular formula is C18H25NO2. The highest BCUT2D eigenvalue weighted by atomic mass is 16.5. The number of hydrogen-bond acceptors (Lipinski definition) is 2. The molecule has 3 nitrogen and oxygen atoms in total. The van der Waals surface area contributed by atoms with Crippen LogP contribution in [0.2, 0.25) is 0 Å². The van der Waals surface area contributed by atoms with Gasteiger partial charge in [-0.1, -0.05) is 31.4 Å². The van der Waals surface area contributed by atoms with Crippen molar-refractivity contribution in [2.75, 3.05) is 13.2 Å². The lowest BCUT2D eigenvalue weighted by Crippen LogP contribution is -2.31. The Morgan fingerprint density at radius 2 is 1.81 bits per heavy atom. The highest BCUT2D eigenvalue weighted by Crippen LogP contribution is 2.32. The van der Waals surface area contributed by atoms with Crippen LogP contribution in [0.15, 0.2) is 24.3 Å². The highest BCUT2D eigenvalue weighted by Gasteiger charge is 2.18. The molecule has 0 bridgehead atoms. The SMILES string of the molecule is O=C(NC[C@@H]1CCCO1)c1ccc(C2CCCCC2)cc1. The normalized spacial score (nSPS) is 23.1. The molecule has 1 aliphatic carbocycles. The van der Waals surface area contributed by atoms with E-state index in [1.165, 1.54) is 37.7 Å². The maximum Gasteiger partial charge on any atom is 0.251 e. The molecule has 1 atom stereocenters. The van der Waals surface area contributed by atoms with E-state index in [2.05, 4.69) is 17.4 Å². The number of ether oxygens (including phenoxy) is 1. The van der Waals surface area contributed by atoms with E-state index in [-0.39, 0.29) is 12.0 Å². The lowest BCUT2D eigenvalue weighted by atomic mass is 9.84. The number of nitrogens with one attached hydrogen (secondary N) is 1. The number of amides is 1. The Morgan fingerprint density at radius 1 is 1.05 bits per heavy atom. The molecule has 1 aromatic carbocycles. The minimum absolute atomic E-state index is 0.0145. The zero-order chi connectivity index (χ0) is 14.5. The maximum atomic E-state index is 12.1. The number of carbonyl (C=O) groups excluding carboxylic acids is 1. The topological polar surface area (TPSA) is 38.3 Å². The van der Waals surface area contributed by atoms with E-state index in [0.717, 1.165) is 25.0 Å². The van der Waals surface area contributed by atoms with E-state index in [1.54, 1.807) is 0 Å². The van der Waals surface area contributed by atoms with Crippen molar-refractivity contribution in [3.8, 4) is 0 Å². The van der Waals surface area contributed by atoms with Crippen LogP contribution in [0.4, 0.5) is 0 Å². The van der Waals surface area contributed by atoms with Gasteiger partial charge in [0.1, 0.15) is 0 Å². The minimum Gasteiger partial charge on any atom is -0.376 e. The van der Waals surface area contributed by atoms with Crippen LogP contribution in [0.5, 0.6) is 0 Å². The van der Waals surface area contributed by atoms with E-state index < -0.39 is 0 Å². The summed E-state index contributed by atoms with van der Waals surface area (Å²) in [4.78, 5) is 12.1. The number of hydrogen-bond donors (Lipinski definition) is 1. The van der Waals surface area contributed by atoms with E-state index in [1.807, 2.05) is 12.1 Å². The summed E-state index contributed by atoms with van der Waals surface area (Å²) in [6, 6.07) is 8.21. The first-order chi connectivity index (χ1) is 10.3. The number of carbonyl (C=O) groups is 1. The first kappa shape index (κ1) is 14.6. The van der Waals surface area contributed by atoms with Gasteiger partial charge in [0.2, 0.25) is 0 Å². The van der Waals surface area contributed by atoms with Crippen molar-refractivity contribution in [2.45, 2.75) is 57.0 Å². The van der Waals surface area contributed by atoms with Gasteiger partial charge in [0.25, 0.3) is 5.91 Å². The molecule has 1 aliphatic heterocycles. The second-order valence-electron chi connectivity index (χ2n) is 6.30. The third kappa shape index (κ3) is 3.85. The first-order valence-corrected chi connectivity index (χ1v) is 8.33. The summed E-state index contributed by atoms with van der Waals surface area (Å²) in [6.07, 6.45) is 9.02. The van der Waals surface area contributed by atoms with Crippen molar-refractivity contribution in [2.24, 2.45) is 0 Å². The van der Waals surface area contributed by atoms with Gasteiger partial charge in [-0.3, -0.25) is 4.79 Å². The largest absolute Gasteiger partial charge is 0.376 e. The Labute approximate surface area is 127 Å². The summed E-state index contributed by atoms with van der Waals surface area (Å²) in [5.74, 6) is 0.712. The van der Waals surface area contributed by atoms with Crippen molar-refractivity contribution in [1.82, 2.24) is 5.32 Å². The molecule has 0 aromatic heterocycles. The Bertz CT molecular complexity index is 457. The van der Waals surface area contributed by atoms with Crippen LogP contribution in [0.25, 0.3) is 0 Å². The van der Waals surface area contributed by atoms with E-state index >= 15 is 0 Å². The van der Waals surface area contributed by atoms with Crippen molar-refractivity contribution >= 4 is 5.91 Å². The zero-order valence-corrected chi connectivity index (χ0v) is 12.6. The quantitative estimate of drug-likeness (QED) is 0.918. The van der Waals surface area contributed by atoms with Crippen molar-refractivity contribution in [3.05, 3.63) is 35.4 Å². The predicted octanol–water partition coefficient (Wildman–Crippen LogP) is 3.64. The van der Waals surface area contributed by atoms with Gasteiger partial charge in [0, 0.05) is 18.7 Å². The Balaban J connectivity index is 1.54. The van der Waals surface area contributed by atoms with Gasteiger partial charge >= 0.3 is 0 Å². The highest BCUT2D eigenvalue weighted by molar-refractivity contribution is 5.94. The maximum absolute atomic E-state index is 12.1. The Morgan fingerprint density at radius 3 is 2.48 bits per heavy atom. The van der Waals surface area contributed by atoms with Crippen molar-refractivity contribution < 1.29 is 9.53 Å². The fourth-order valence-corrected chi connectivity index (χ4v) is 3.46. The molecule has 0 unspecified atom stereocenters. The van der Waals surface area contributed by atoms with Gasteiger partial charge in [-0.15, -0.1) is 0 Å². The lowest BCUT2D eigenvalue weighted by Gasteiger charge is -2.22. The Kier molecular flexibility index (Phi) is 4.91. The summed E-state index contributed by atoms with van der Waals surface area (Å²) < 4.78 is 5.52. The van der Waals surface area contributed by atoms with E-state index in [4.69, 9.17) is 4.74 Å². The Hall–Kier alpha value is -1.35. The average molecular weight is 287 g/mol. The summed E-state index contributed by atoms with van der Waals surface area (Å²) in [5, 5.41) is 2.98. The third-order valence-corrected chi connectivity index (χ3v) is 4.76. The van der Waals surface area contributed by atoms with Gasteiger partial charge in [-0.05, 0) is 49.3 Å². The molecule has 21 heavy (non-hydrogen) atoms. The summed E-state index contributed by atoms with van der Waals surface area (Å²) >= 11 is 0. The number of benzene rings is 1. The number of rotatable bonds is 4. The molecule has 2 aliphatic rings. The monoisotopic (exact) mass is 287 g/mol. The van der Waals surface area contributed by atoms with Gasteiger partial charge in [-0.25, -0.2) is 0 Å². The van der Waals surface area contributed by atoms with Crippen LogP contribution in [0, 0.1) is 0 Å². The lowest BCUT2D eigenvalue weighted by molar-refractivity contribution is 0.0858. The molecule has 3 heteroatoms. The van der Waals surface area contributed by atoms with Crippen LogP contribution < -0.4 is 5.32 Å². The molecule has 1 saturated heterocycles. The fourth-order valence-electron chi connectivity index (χ4n) is 3.46. The second kappa shape index (κ2) is 7.08. The predicted molar refractivity (Wildman–Crippen MR) is 83.6 cm³/mol. The molecule has 0 radical (unpaired) electrons. The van der Waals surface area contributed by atoms with Crippen LogP contribution in [-0.4, -0.2) is 25.2 Å². The van der Waals surface area contributed by atoms with Crippen molar-refractivity contribution in [3.63, 3.8) is 0 Å². The standard InChI is InChI=1S/C18H25NO2/c20-18(19-13-17-7-4-12-21-17)16-10-8-15(9-11-16)14-5-2-1-3-6-14/h8-11,14,17H,1-7,12-13H2,(H,19,20)/t17-/m0/s1. The minimum atomic E-state index is 0.0145. The molecule has 1 saturated carbocycles. The fraction of sp³-hybridized carbons (Fsp3) is 0.611. The molecule has 1 N–H and O–H groups in total. The van der Waals surface area contributed by atoms with Gasteiger partial charge in [-0.2, -0.15) is 0 Å². The summed E-state index contributed by atoms with van der Waals surface area (Å²) in [5.41, 5.74) is 2.15. The van der Waals surface area contributed by atoms with Crippen LogP contribution >= 0.6 is 0 Å². The van der Waals surface area contributed by atoms with Crippen LogP contribution in [0.3, 0.4) is 0 Å². The molecule has 1 aromatic rings. The van der Waals surface area contributed by atoms with Gasteiger partial charge in [0.15, 0.2) is 0 Å². The van der Waals surface area contributed by atoms with E-state index in [0.29, 0.717) is 12.5 Å². The molecule has 0 spiro atoms. The average Bonchev–Trinajstić information content (AvgIpc) is 3.07. The molecular weight excluding hydrogens is 262 g/mol. The first-order valence-electron chi connectivity index (χ1n) is 8.33. The molecule has 3 rings (SSSR count). The van der Waals surface area contributed by atoms with E-state index in [9.17, 15) is 4.79 Å². The van der Waals surface area contributed by atoms with Gasteiger partial charge in [0.05, 0.1) is 6.10 Å². The molecule has 1 amide bonds. The van der Waals surface area contributed by atoms with Crippen molar-refractivity contribution in [1.29, 1.82) is 0 Å². The van der Waals surface area contributed by atoms with Gasteiger partial charge < -0.3 is 10.1 Å². The molecule has 1 heterocycles. The zero-order valence-electron chi connectivity index (χ0n) is 12.6. The molecule has 2 fully saturated rings. The smallest absolute Gasteiger partial charge is 0.251 e. The van der Waals surface area contributed by atoms with Crippen LogP contribution in [0.1, 0.15) is 66.8 Å². The summed E-state index contributed by atoms with van der Waals surface area (Å²) in [7, 11) is 0. The third-order valence-electron chi connectivity index (χ3n) is 4.76. The summed E-state index contributed by atoms with van der Waals surface area (Å²) in [6.45, 7) is 1.46. The second-order valence-corrected chi connectivity index (χ2v) is 6.30. The van der Waals surface area contributed by atoms with Crippen LogP contribution in [-0.2, 0) is 4.74 Å². The molecule has 114 valence electrons.